The van der Waals surface area contributed by atoms with Gasteiger partial charge in [0.25, 0.3) is 5.91 Å². The first-order chi connectivity index (χ1) is 11.3. The van der Waals surface area contributed by atoms with E-state index in [4.69, 9.17) is 9.26 Å². The Labute approximate surface area is 135 Å². The molecule has 0 atom stereocenters. The van der Waals surface area contributed by atoms with E-state index >= 15 is 0 Å². The lowest BCUT2D eigenvalue weighted by atomic mass is 10.1. The summed E-state index contributed by atoms with van der Waals surface area (Å²) in [7, 11) is 0. The lowest BCUT2D eigenvalue weighted by Crippen LogP contribution is -2.41. The summed E-state index contributed by atoms with van der Waals surface area (Å²) in [6.07, 6.45) is 0. The molecule has 0 bridgehead atoms. The first-order valence-electron chi connectivity index (χ1n) is 7.85. The molecule has 1 N–H and O–H groups in total. The molecule has 0 aliphatic carbocycles. The predicted octanol–water partition coefficient (Wildman–Crippen LogP) is 1.71. The van der Waals surface area contributed by atoms with Gasteiger partial charge in [0.2, 0.25) is 0 Å². The monoisotopic (exact) mass is 315 g/mol. The molecule has 2 aromatic rings. The van der Waals surface area contributed by atoms with Crippen molar-refractivity contribution in [1.29, 1.82) is 0 Å². The molecule has 1 aromatic heterocycles. The molecule has 1 saturated heterocycles. The summed E-state index contributed by atoms with van der Waals surface area (Å²) in [6, 6.07) is 9.56. The number of hydrogen-bond donors (Lipinski definition) is 1. The van der Waals surface area contributed by atoms with Crippen molar-refractivity contribution in [3.63, 3.8) is 0 Å². The average Bonchev–Trinajstić information content (AvgIpc) is 2.98. The van der Waals surface area contributed by atoms with E-state index in [-0.39, 0.29) is 5.91 Å². The second-order valence-electron chi connectivity index (χ2n) is 5.55. The van der Waals surface area contributed by atoms with Crippen molar-refractivity contribution in [2.75, 3.05) is 39.4 Å². The van der Waals surface area contributed by atoms with Crippen LogP contribution in [0, 0.1) is 6.92 Å². The Morgan fingerprint density at radius 1 is 1.26 bits per heavy atom. The number of aromatic nitrogens is 1. The van der Waals surface area contributed by atoms with Crippen LogP contribution in [-0.4, -0.2) is 55.4 Å². The lowest BCUT2D eigenvalue weighted by molar-refractivity contribution is 0.0383. The third-order valence-corrected chi connectivity index (χ3v) is 3.94. The van der Waals surface area contributed by atoms with E-state index in [1.54, 1.807) is 6.92 Å². The summed E-state index contributed by atoms with van der Waals surface area (Å²) in [5.74, 6) is 0.378. The van der Waals surface area contributed by atoms with Crippen LogP contribution in [0.15, 0.2) is 34.9 Å². The quantitative estimate of drug-likeness (QED) is 0.910. The average molecular weight is 315 g/mol. The summed E-state index contributed by atoms with van der Waals surface area (Å²) in [4.78, 5) is 14.8. The van der Waals surface area contributed by atoms with E-state index in [1.807, 2.05) is 30.3 Å². The Bertz CT molecular complexity index is 648. The maximum atomic E-state index is 12.5. The highest BCUT2D eigenvalue weighted by Crippen LogP contribution is 2.25. The van der Waals surface area contributed by atoms with Gasteiger partial charge < -0.3 is 14.6 Å². The topological polar surface area (TPSA) is 67.6 Å². The predicted molar refractivity (Wildman–Crippen MR) is 86.3 cm³/mol. The van der Waals surface area contributed by atoms with Crippen molar-refractivity contribution < 1.29 is 14.1 Å². The highest BCUT2D eigenvalue weighted by molar-refractivity contribution is 6.00. The zero-order chi connectivity index (χ0) is 16.1. The molecule has 0 spiro atoms. The van der Waals surface area contributed by atoms with E-state index < -0.39 is 0 Å². The van der Waals surface area contributed by atoms with Gasteiger partial charge in [-0.3, -0.25) is 9.69 Å². The fourth-order valence-electron chi connectivity index (χ4n) is 2.66. The zero-order valence-electron chi connectivity index (χ0n) is 13.2. The Hall–Kier alpha value is -2.18. The molecule has 23 heavy (non-hydrogen) atoms. The second kappa shape index (κ2) is 7.39. The molecule has 3 rings (SSSR count). The van der Waals surface area contributed by atoms with Gasteiger partial charge in [0.1, 0.15) is 5.56 Å². The molecule has 1 aromatic carbocycles. The molecule has 6 heteroatoms. The van der Waals surface area contributed by atoms with E-state index in [0.29, 0.717) is 23.6 Å². The second-order valence-corrected chi connectivity index (χ2v) is 5.55. The molecule has 0 unspecified atom stereocenters. The van der Waals surface area contributed by atoms with Gasteiger partial charge in [-0.05, 0) is 6.92 Å². The van der Waals surface area contributed by atoms with Crippen molar-refractivity contribution in [1.82, 2.24) is 15.4 Å². The van der Waals surface area contributed by atoms with Gasteiger partial charge in [-0.1, -0.05) is 35.5 Å². The number of nitrogens with zero attached hydrogens (tertiary/aromatic N) is 2. The van der Waals surface area contributed by atoms with Gasteiger partial charge in [-0.2, -0.15) is 0 Å². The lowest BCUT2D eigenvalue weighted by Gasteiger charge is -2.26. The summed E-state index contributed by atoms with van der Waals surface area (Å²) in [6.45, 7) is 6.55. The summed E-state index contributed by atoms with van der Waals surface area (Å²) < 4.78 is 10.7. The summed E-state index contributed by atoms with van der Waals surface area (Å²) in [5.41, 5.74) is 1.97. The number of hydrogen-bond acceptors (Lipinski definition) is 5. The van der Waals surface area contributed by atoms with Crippen LogP contribution in [0.2, 0.25) is 0 Å². The smallest absolute Gasteiger partial charge is 0.257 e. The summed E-state index contributed by atoms with van der Waals surface area (Å²) >= 11 is 0. The minimum atomic E-state index is -0.143. The Morgan fingerprint density at radius 3 is 2.74 bits per heavy atom. The Kier molecular flexibility index (Phi) is 5.05. The highest BCUT2D eigenvalue weighted by Gasteiger charge is 2.21. The van der Waals surface area contributed by atoms with Gasteiger partial charge in [0.15, 0.2) is 5.76 Å². The number of benzene rings is 1. The third-order valence-electron chi connectivity index (χ3n) is 3.94. The number of aryl methyl sites for hydroxylation is 1. The van der Waals surface area contributed by atoms with Gasteiger partial charge >= 0.3 is 0 Å². The number of nitrogens with one attached hydrogen (secondary N) is 1. The van der Waals surface area contributed by atoms with E-state index in [1.165, 1.54) is 0 Å². The first kappa shape index (κ1) is 15.7. The van der Waals surface area contributed by atoms with Crippen molar-refractivity contribution in [3.05, 3.63) is 41.6 Å². The maximum absolute atomic E-state index is 12.5. The SMILES string of the molecule is Cc1noc(-c2ccccc2)c1C(=O)NCCN1CCOCC1. The van der Waals surface area contributed by atoms with Gasteiger partial charge in [0, 0.05) is 31.7 Å². The fraction of sp³-hybridized carbons (Fsp3) is 0.412. The normalized spacial score (nSPS) is 15.5. The summed E-state index contributed by atoms with van der Waals surface area (Å²) in [5, 5.41) is 6.91. The number of ether oxygens (including phenoxy) is 1. The molecule has 0 radical (unpaired) electrons. The molecule has 1 amide bonds. The van der Waals surface area contributed by atoms with Crippen molar-refractivity contribution in [2.24, 2.45) is 0 Å². The standard InChI is InChI=1S/C17H21N3O3/c1-13-15(16(23-19-13)14-5-3-2-4-6-14)17(21)18-7-8-20-9-11-22-12-10-20/h2-6H,7-12H2,1H3,(H,18,21). The number of carbonyl (C=O) groups is 1. The van der Waals surface area contributed by atoms with Crippen LogP contribution >= 0.6 is 0 Å². The third kappa shape index (κ3) is 3.78. The molecule has 1 aliphatic heterocycles. The van der Waals surface area contributed by atoms with Crippen LogP contribution in [0.25, 0.3) is 11.3 Å². The minimum Gasteiger partial charge on any atom is -0.379 e. The highest BCUT2D eigenvalue weighted by atomic mass is 16.5. The molecule has 0 saturated carbocycles. The Balaban J connectivity index is 1.64. The van der Waals surface area contributed by atoms with Crippen LogP contribution in [0.1, 0.15) is 16.1 Å². The minimum absolute atomic E-state index is 0.143. The fourth-order valence-corrected chi connectivity index (χ4v) is 2.66. The van der Waals surface area contributed by atoms with E-state index in [0.717, 1.165) is 38.4 Å². The number of rotatable bonds is 5. The molecular formula is C17H21N3O3. The van der Waals surface area contributed by atoms with Crippen molar-refractivity contribution in [3.8, 4) is 11.3 Å². The molecule has 2 heterocycles. The van der Waals surface area contributed by atoms with Crippen molar-refractivity contribution >= 4 is 5.91 Å². The molecule has 1 aliphatic rings. The van der Waals surface area contributed by atoms with Crippen molar-refractivity contribution in [2.45, 2.75) is 6.92 Å². The van der Waals surface area contributed by atoms with E-state index in [2.05, 4.69) is 15.4 Å². The van der Waals surface area contributed by atoms with Crippen LogP contribution in [0.3, 0.4) is 0 Å². The zero-order valence-corrected chi connectivity index (χ0v) is 13.2. The Morgan fingerprint density at radius 2 is 2.00 bits per heavy atom. The molecule has 6 nitrogen and oxygen atoms in total. The van der Waals surface area contributed by atoms with Crippen LogP contribution < -0.4 is 5.32 Å². The first-order valence-corrected chi connectivity index (χ1v) is 7.85. The van der Waals surface area contributed by atoms with Crippen LogP contribution in [-0.2, 0) is 4.74 Å². The molecule has 122 valence electrons. The maximum Gasteiger partial charge on any atom is 0.257 e. The number of carbonyl (C=O) groups excluding carboxylic acids is 1. The molecule has 1 fully saturated rings. The van der Waals surface area contributed by atoms with Crippen LogP contribution in [0.5, 0.6) is 0 Å². The van der Waals surface area contributed by atoms with Crippen LogP contribution in [0.4, 0.5) is 0 Å². The van der Waals surface area contributed by atoms with Gasteiger partial charge in [-0.15, -0.1) is 0 Å². The number of amides is 1. The molecular weight excluding hydrogens is 294 g/mol. The number of morpholine rings is 1. The largest absolute Gasteiger partial charge is 0.379 e. The van der Waals surface area contributed by atoms with E-state index in [9.17, 15) is 4.79 Å². The van der Waals surface area contributed by atoms with Gasteiger partial charge in [0.05, 0.1) is 18.9 Å². The van der Waals surface area contributed by atoms with Gasteiger partial charge in [-0.25, -0.2) is 0 Å².